The molecule has 1 aromatic carbocycles. The van der Waals surface area contributed by atoms with Crippen molar-refractivity contribution in [2.45, 2.75) is 90.6 Å². The summed E-state index contributed by atoms with van der Waals surface area (Å²) >= 11 is 0. The zero-order valence-corrected chi connectivity index (χ0v) is 23.4. The molecule has 3 aliphatic rings. The Morgan fingerprint density at radius 1 is 1.10 bits per heavy atom. The molecule has 0 radical (unpaired) electrons. The summed E-state index contributed by atoms with van der Waals surface area (Å²) in [5.74, 6) is -1.17. The molecule has 2 aliphatic heterocycles. The maximum absolute atomic E-state index is 14.3. The Balaban J connectivity index is 1.33. The summed E-state index contributed by atoms with van der Waals surface area (Å²) < 4.78 is 20.5. The second-order valence-electron chi connectivity index (χ2n) is 12.4. The standard InChI is InChI=1S/C30H36N4O5/c1-17-19-11-13-34(27(19)32-16-31-17)23-14-21(25-26(23)38-30(5,6)37-25)24(35)20-9-7-8-18-10-12-33(15-22(18)20)28(36)39-29(2,3)4/h7-9,11,13,16,21,23,25-26H,10,12,14-15H2,1-6H3/t21-,23-,25-,26+/m1/s1. The Bertz CT molecular complexity index is 1460. The number of aryl methyl sites for hydroxylation is 1. The van der Waals surface area contributed by atoms with E-state index in [2.05, 4.69) is 14.5 Å². The minimum absolute atomic E-state index is 0.0268. The van der Waals surface area contributed by atoms with Crippen molar-refractivity contribution in [1.82, 2.24) is 19.4 Å². The molecule has 0 bridgehead atoms. The average Bonchev–Trinajstić information content (AvgIpc) is 3.53. The van der Waals surface area contributed by atoms with Gasteiger partial charge in [0.25, 0.3) is 0 Å². The molecule has 1 aliphatic carbocycles. The number of fused-ring (bicyclic) bond motifs is 3. The van der Waals surface area contributed by atoms with Gasteiger partial charge in [-0.15, -0.1) is 0 Å². The van der Waals surface area contributed by atoms with Gasteiger partial charge in [0.15, 0.2) is 11.6 Å². The van der Waals surface area contributed by atoms with Crippen LogP contribution >= 0.6 is 0 Å². The molecule has 0 N–H and O–H groups in total. The third kappa shape index (κ3) is 4.61. The summed E-state index contributed by atoms with van der Waals surface area (Å²) in [5, 5.41) is 0.987. The molecule has 1 saturated heterocycles. The summed E-state index contributed by atoms with van der Waals surface area (Å²) in [6.07, 6.45) is 3.79. The van der Waals surface area contributed by atoms with Crippen LogP contribution in [0.3, 0.4) is 0 Å². The van der Waals surface area contributed by atoms with Crippen LogP contribution < -0.4 is 0 Å². The Morgan fingerprint density at radius 2 is 1.87 bits per heavy atom. The SMILES string of the molecule is Cc1ncnc2c1ccn2[C@@H]1C[C@H](C(=O)c2cccc3c2CN(C(=O)OC(C)(C)C)CC3)[C@H]2OC(C)(C)O[C@H]21. The fraction of sp³-hybridized carbons (Fsp3) is 0.533. The first-order valence-electron chi connectivity index (χ1n) is 13.7. The lowest BCUT2D eigenvalue weighted by Gasteiger charge is -2.32. The highest BCUT2D eigenvalue weighted by atomic mass is 16.8. The van der Waals surface area contributed by atoms with E-state index in [0.717, 1.165) is 27.9 Å². The fourth-order valence-electron chi connectivity index (χ4n) is 6.34. The van der Waals surface area contributed by atoms with Crippen molar-refractivity contribution in [3.63, 3.8) is 0 Å². The van der Waals surface area contributed by atoms with Crippen LogP contribution in [0.1, 0.15) is 74.3 Å². The molecule has 4 heterocycles. The van der Waals surface area contributed by atoms with E-state index >= 15 is 0 Å². The van der Waals surface area contributed by atoms with Crippen molar-refractivity contribution >= 4 is 22.9 Å². The first-order chi connectivity index (χ1) is 18.4. The quantitative estimate of drug-likeness (QED) is 0.438. The van der Waals surface area contributed by atoms with Gasteiger partial charge in [-0.25, -0.2) is 14.8 Å². The Morgan fingerprint density at radius 3 is 2.64 bits per heavy atom. The van der Waals surface area contributed by atoms with Crippen molar-refractivity contribution in [2.24, 2.45) is 5.92 Å². The van der Waals surface area contributed by atoms with Crippen LogP contribution in [0.5, 0.6) is 0 Å². The largest absolute Gasteiger partial charge is 0.444 e. The lowest BCUT2D eigenvalue weighted by Crippen LogP contribution is -2.40. The van der Waals surface area contributed by atoms with Crippen LogP contribution in [0, 0.1) is 12.8 Å². The monoisotopic (exact) mass is 532 g/mol. The fourth-order valence-corrected chi connectivity index (χ4v) is 6.34. The van der Waals surface area contributed by atoms with Crippen LogP contribution in [0.4, 0.5) is 4.79 Å². The number of hydrogen-bond donors (Lipinski definition) is 0. The van der Waals surface area contributed by atoms with E-state index in [1.165, 1.54) is 0 Å². The maximum Gasteiger partial charge on any atom is 0.410 e. The van der Waals surface area contributed by atoms with E-state index < -0.39 is 17.3 Å². The third-order valence-electron chi connectivity index (χ3n) is 8.03. The Hall–Kier alpha value is -3.30. The molecule has 39 heavy (non-hydrogen) atoms. The van der Waals surface area contributed by atoms with Gasteiger partial charge in [0.05, 0.1) is 23.8 Å². The van der Waals surface area contributed by atoms with Crippen LogP contribution in [0.2, 0.25) is 0 Å². The minimum atomic E-state index is -0.802. The highest BCUT2D eigenvalue weighted by Gasteiger charge is 2.57. The molecule has 4 atom stereocenters. The molecule has 2 aromatic heterocycles. The van der Waals surface area contributed by atoms with Gasteiger partial charge in [-0.3, -0.25) is 4.79 Å². The number of carbonyl (C=O) groups is 2. The van der Waals surface area contributed by atoms with Crippen molar-refractivity contribution in [1.29, 1.82) is 0 Å². The molecule has 206 valence electrons. The van der Waals surface area contributed by atoms with E-state index in [1.807, 2.05) is 72.0 Å². The van der Waals surface area contributed by atoms with E-state index in [1.54, 1.807) is 11.2 Å². The summed E-state index contributed by atoms with van der Waals surface area (Å²) in [6.45, 7) is 12.2. The number of ether oxygens (including phenoxy) is 3. The second-order valence-corrected chi connectivity index (χ2v) is 12.4. The maximum atomic E-state index is 14.3. The van der Waals surface area contributed by atoms with Crippen molar-refractivity contribution in [2.75, 3.05) is 6.54 Å². The lowest BCUT2D eigenvalue weighted by molar-refractivity contribution is -0.158. The van der Waals surface area contributed by atoms with Gasteiger partial charge >= 0.3 is 6.09 Å². The topological polar surface area (TPSA) is 95.8 Å². The molecule has 6 rings (SSSR count). The summed E-state index contributed by atoms with van der Waals surface area (Å²) in [5.41, 5.74) is 3.80. The summed E-state index contributed by atoms with van der Waals surface area (Å²) in [4.78, 5) is 37.7. The Kier molecular flexibility index (Phi) is 6.07. The second kappa shape index (κ2) is 9.13. The summed E-state index contributed by atoms with van der Waals surface area (Å²) in [6, 6.07) is 7.77. The number of hydrogen-bond acceptors (Lipinski definition) is 7. The van der Waals surface area contributed by atoms with Crippen molar-refractivity contribution < 1.29 is 23.8 Å². The molecular formula is C30H36N4O5. The minimum Gasteiger partial charge on any atom is -0.444 e. The average molecular weight is 533 g/mol. The molecule has 9 nitrogen and oxygen atoms in total. The first kappa shape index (κ1) is 26.0. The highest BCUT2D eigenvalue weighted by molar-refractivity contribution is 6.00. The predicted octanol–water partition coefficient (Wildman–Crippen LogP) is 5.00. The van der Waals surface area contributed by atoms with Gasteiger partial charge in [0.2, 0.25) is 0 Å². The van der Waals surface area contributed by atoms with Gasteiger partial charge in [-0.1, -0.05) is 18.2 Å². The van der Waals surface area contributed by atoms with Gasteiger partial charge in [0, 0.05) is 30.2 Å². The van der Waals surface area contributed by atoms with Gasteiger partial charge in [0.1, 0.15) is 23.7 Å². The van der Waals surface area contributed by atoms with Crippen molar-refractivity contribution in [3.05, 3.63) is 59.2 Å². The number of carbonyl (C=O) groups excluding carboxylic acids is 2. The smallest absolute Gasteiger partial charge is 0.410 e. The number of aromatic nitrogens is 3. The molecule has 1 saturated carbocycles. The first-order valence-corrected chi connectivity index (χ1v) is 13.7. The summed E-state index contributed by atoms with van der Waals surface area (Å²) in [7, 11) is 0. The number of Topliss-reactive ketones (excluding diaryl/α,β-unsaturated/α-hetero) is 1. The zero-order valence-electron chi connectivity index (χ0n) is 23.4. The van der Waals surface area contributed by atoms with E-state index in [9.17, 15) is 9.59 Å². The number of nitrogens with zero attached hydrogens (tertiary/aromatic N) is 4. The van der Waals surface area contributed by atoms with E-state index in [0.29, 0.717) is 31.5 Å². The molecule has 0 spiro atoms. The molecule has 3 aromatic rings. The van der Waals surface area contributed by atoms with Crippen molar-refractivity contribution in [3.8, 4) is 0 Å². The Labute approximate surface area is 228 Å². The van der Waals surface area contributed by atoms with Gasteiger partial charge < -0.3 is 23.7 Å². The molecule has 1 amide bonds. The van der Waals surface area contributed by atoms with Gasteiger partial charge in [-0.2, -0.15) is 0 Å². The normalized spacial score (nSPS) is 25.9. The van der Waals surface area contributed by atoms with Crippen LogP contribution in [-0.4, -0.2) is 61.5 Å². The lowest BCUT2D eigenvalue weighted by atomic mass is 9.87. The molecule has 9 heteroatoms. The number of ketones is 1. The number of rotatable bonds is 3. The van der Waals surface area contributed by atoms with Gasteiger partial charge in [-0.05, 0) is 71.6 Å². The van der Waals surface area contributed by atoms with Crippen LogP contribution in [0.15, 0.2) is 36.8 Å². The zero-order chi connectivity index (χ0) is 27.7. The molecule has 2 fully saturated rings. The van der Waals surface area contributed by atoms with Crippen LogP contribution in [0.25, 0.3) is 11.0 Å². The number of benzene rings is 1. The number of amides is 1. The predicted molar refractivity (Wildman–Crippen MR) is 144 cm³/mol. The van der Waals surface area contributed by atoms with Crippen LogP contribution in [-0.2, 0) is 27.2 Å². The third-order valence-corrected chi connectivity index (χ3v) is 8.03. The molecular weight excluding hydrogens is 496 g/mol. The van der Waals surface area contributed by atoms with E-state index in [-0.39, 0.29) is 30.1 Å². The van der Waals surface area contributed by atoms with E-state index in [4.69, 9.17) is 14.2 Å². The highest BCUT2D eigenvalue weighted by Crippen LogP contribution is 2.49. The molecule has 0 unspecified atom stereocenters.